The fraction of sp³-hybridized carbons (Fsp3) is 0.462. The lowest BCUT2D eigenvalue weighted by Crippen LogP contribution is -2.47. The number of benzene rings is 1. The highest BCUT2D eigenvalue weighted by Crippen LogP contribution is 2.35. The third kappa shape index (κ3) is 5.80. The van der Waals surface area contributed by atoms with E-state index in [1.807, 2.05) is 30.7 Å². The summed E-state index contributed by atoms with van der Waals surface area (Å²) in [7, 11) is 0. The summed E-state index contributed by atoms with van der Waals surface area (Å²) in [6.07, 6.45) is 9.00. The second-order valence-corrected chi connectivity index (χ2v) is 10.0. The second-order valence-electron chi connectivity index (χ2n) is 10.0. The van der Waals surface area contributed by atoms with Crippen molar-refractivity contribution in [2.75, 3.05) is 6.61 Å². The van der Waals surface area contributed by atoms with Gasteiger partial charge in [-0.15, -0.1) is 0 Å². The Morgan fingerprint density at radius 2 is 2.03 bits per heavy atom. The monoisotopic (exact) mass is 468 g/mol. The quantitative estimate of drug-likeness (QED) is 0.505. The van der Waals surface area contributed by atoms with Crippen molar-refractivity contribution in [2.45, 2.75) is 71.2 Å². The molecule has 0 radical (unpaired) electrons. The first kappa shape index (κ1) is 25.4. The summed E-state index contributed by atoms with van der Waals surface area (Å²) in [5.74, 6) is 0.110. The minimum Gasteiger partial charge on any atom is -0.507 e. The Kier molecular flexibility index (Phi) is 7.41. The summed E-state index contributed by atoms with van der Waals surface area (Å²) in [5, 5.41) is 18.9. The fourth-order valence-electron chi connectivity index (χ4n) is 3.90. The lowest BCUT2D eigenvalue weighted by molar-refractivity contribution is -0.0366. The Labute approximate surface area is 201 Å². The summed E-state index contributed by atoms with van der Waals surface area (Å²) in [5.41, 5.74) is 7.11. The molecular weight excluding hydrogens is 432 g/mol. The van der Waals surface area contributed by atoms with E-state index in [0.717, 1.165) is 24.8 Å². The van der Waals surface area contributed by atoms with Gasteiger partial charge in [-0.1, -0.05) is 18.7 Å². The summed E-state index contributed by atoms with van der Waals surface area (Å²) in [6.45, 7) is 13.9. The number of nitrogens with one attached hydrogen (secondary N) is 1. The molecule has 0 spiro atoms. The van der Waals surface area contributed by atoms with Crippen LogP contribution in [0.25, 0.3) is 16.5 Å². The number of aromatic nitrogens is 2. The van der Waals surface area contributed by atoms with Crippen molar-refractivity contribution in [3.63, 3.8) is 0 Å². The number of rotatable bonds is 6. The van der Waals surface area contributed by atoms with Crippen molar-refractivity contribution >= 4 is 22.6 Å². The second kappa shape index (κ2) is 9.93. The third-order valence-electron chi connectivity index (χ3n) is 5.71. The van der Waals surface area contributed by atoms with Gasteiger partial charge in [0.15, 0.2) is 6.23 Å². The highest BCUT2D eigenvalue weighted by molar-refractivity contribution is 5.92. The summed E-state index contributed by atoms with van der Waals surface area (Å²) >= 11 is 0. The SMILES string of the molecule is C=C(/C=C\C(=C/N)C(C)(C)NC(=O)OC(C)(C)C)c1ccc2c(cnn2C2CCCCO2)c1O. The van der Waals surface area contributed by atoms with E-state index in [4.69, 9.17) is 15.2 Å². The van der Waals surface area contributed by atoms with E-state index < -0.39 is 17.2 Å². The van der Waals surface area contributed by atoms with E-state index >= 15 is 0 Å². The van der Waals surface area contributed by atoms with Crippen LogP contribution in [-0.2, 0) is 9.47 Å². The molecule has 2 aromatic rings. The maximum atomic E-state index is 12.2. The van der Waals surface area contributed by atoms with E-state index in [9.17, 15) is 9.90 Å². The zero-order valence-electron chi connectivity index (χ0n) is 20.7. The average Bonchev–Trinajstić information content (AvgIpc) is 3.18. The number of allylic oxidation sites excluding steroid dienone is 2. The Morgan fingerprint density at radius 3 is 2.65 bits per heavy atom. The maximum Gasteiger partial charge on any atom is 0.408 e. The standard InChI is InChI=1S/C26H36N4O4/c1-17(10-11-18(15-27)26(5,6)29-24(32)34-25(2,3)4)19-12-13-21-20(23(19)31)16-28-30(21)22-9-7-8-14-33-22/h10-13,15-16,22,31H,1,7-9,14,27H2,2-6H3,(H,29,32)/b11-10-,18-15+. The van der Waals surface area contributed by atoms with Gasteiger partial charge in [-0.3, -0.25) is 0 Å². The van der Waals surface area contributed by atoms with Crippen LogP contribution in [-0.4, -0.2) is 38.7 Å². The number of nitrogens with zero attached hydrogens (tertiary/aromatic N) is 2. The van der Waals surface area contributed by atoms with Crippen LogP contribution in [0.15, 0.2) is 48.8 Å². The minimum atomic E-state index is -0.791. The number of carbonyl (C=O) groups excluding carboxylic acids is 1. The molecule has 1 aliphatic heterocycles. The van der Waals surface area contributed by atoms with E-state index in [2.05, 4.69) is 17.0 Å². The predicted molar refractivity (Wildman–Crippen MR) is 134 cm³/mol. The van der Waals surface area contributed by atoms with Gasteiger partial charge in [0.1, 0.15) is 11.4 Å². The first-order valence-corrected chi connectivity index (χ1v) is 11.5. The van der Waals surface area contributed by atoms with Crippen LogP contribution >= 0.6 is 0 Å². The van der Waals surface area contributed by atoms with E-state index in [1.165, 1.54) is 6.20 Å². The number of carbonyl (C=O) groups is 1. The number of aromatic hydroxyl groups is 1. The zero-order valence-corrected chi connectivity index (χ0v) is 20.7. The largest absolute Gasteiger partial charge is 0.507 e. The van der Waals surface area contributed by atoms with Gasteiger partial charge in [0, 0.05) is 12.2 Å². The fourth-order valence-corrected chi connectivity index (χ4v) is 3.90. The average molecular weight is 469 g/mol. The van der Waals surface area contributed by atoms with Crippen molar-refractivity contribution < 1.29 is 19.4 Å². The van der Waals surface area contributed by atoms with Crippen molar-refractivity contribution in [3.05, 3.63) is 54.4 Å². The number of hydrogen-bond donors (Lipinski definition) is 3. The molecule has 0 aliphatic carbocycles. The number of alkyl carbamates (subject to hydrolysis) is 1. The number of phenols is 1. The molecular formula is C26H36N4O4. The molecule has 1 saturated heterocycles. The number of ether oxygens (including phenoxy) is 2. The third-order valence-corrected chi connectivity index (χ3v) is 5.71. The predicted octanol–water partition coefficient (Wildman–Crippen LogP) is 5.16. The Hall–Kier alpha value is -3.26. The molecule has 1 aromatic heterocycles. The van der Waals surface area contributed by atoms with E-state index in [0.29, 0.717) is 28.7 Å². The molecule has 2 heterocycles. The molecule has 184 valence electrons. The maximum absolute atomic E-state index is 12.2. The molecule has 1 amide bonds. The van der Waals surface area contributed by atoms with Crippen LogP contribution in [0, 0.1) is 0 Å². The van der Waals surface area contributed by atoms with Gasteiger partial charge in [-0.05, 0) is 83.4 Å². The highest BCUT2D eigenvalue weighted by Gasteiger charge is 2.27. The number of hydrogen-bond acceptors (Lipinski definition) is 6. The number of amides is 1. The molecule has 1 atom stereocenters. The molecule has 1 aliphatic rings. The molecule has 34 heavy (non-hydrogen) atoms. The summed E-state index contributed by atoms with van der Waals surface area (Å²) in [6, 6.07) is 3.74. The smallest absolute Gasteiger partial charge is 0.408 e. The summed E-state index contributed by atoms with van der Waals surface area (Å²) < 4.78 is 13.0. The first-order chi connectivity index (χ1) is 15.9. The van der Waals surface area contributed by atoms with Gasteiger partial charge < -0.3 is 25.6 Å². The van der Waals surface area contributed by atoms with Crippen LogP contribution in [0.5, 0.6) is 5.75 Å². The lowest BCUT2D eigenvalue weighted by Gasteiger charge is -2.29. The molecule has 8 heteroatoms. The van der Waals surface area contributed by atoms with Crippen molar-refractivity contribution in [2.24, 2.45) is 5.73 Å². The van der Waals surface area contributed by atoms with Gasteiger partial charge in [0.05, 0.1) is 22.6 Å². The lowest BCUT2D eigenvalue weighted by atomic mass is 9.93. The van der Waals surface area contributed by atoms with Crippen molar-refractivity contribution in [1.29, 1.82) is 0 Å². The Bertz CT molecular complexity index is 1120. The van der Waals surface area contributed by atoms with Crippen LogP contribution < -0.4 is 11.1 Å². The van der Waals surface area contributed by atoms with Crippen LogP contribution in [0.1, 0.15) is 65.7 Å². The Morgan fingerprint density at radius 1 is 1.29 bits per heavy atom. The number of nitrogens with two attached hydrogens (primary N) is 1. The van der Waals surface area contributed by atoms with Crippen LogP contribution in [0.2, 0.25) is 0 Å². The number of fused-ring (bicyclic) bond motifs is 1. The molecule has 4 N–H and O–H groups in total. The molecule has 1 fully saturated rings. The van der Waals surface area contributed by atoms with Gasteiger partial charge in [0.25, 0.3) is 0 Å². The topological polar surface area (TPSA) is 112 Å². The van der Waals surface area contributed by atoms with Gasteiger partial charge in [-0.25, -0.2) is 9.48 Å². The first-order valence-electron chi connectivity index (χ1n) is 11.5. The molecule has 8 nitrogen and oxygen atoms in total. The molecule has 1 aromatic carbocycles. The van der Waals surface area contributed by atoms with Crippen molar-refractivity contribution in [3.8, 4) is 5.75 Å². The molecule has 3 rings (SSSR count). The zero-order chi connectivity index (χ0) is 25.1. The molecule has 1 unspecified atom stereocenters. The summed E-state index contributed by atoms with van der Waals surface area (Å²) in [4.78, 5) is 12.2. The molecule has 0 bridgehead atoms. The molecule has 0 saturated carbocycles. The normalized spacial score (nSPS) is 17.8. The Balaban J connectivity index is 1.78. The van der Waals surface area contributed by atoms with Crippen LogP contribution in [0.4, 0.5) is 4.79 Å². The highest BCUT2D eigenvalue weighted by atomic mass is 16.6. The van der Waals surface area contributed by atoms with Crippen molar-refractivity contribution in [1.82, 2.24) is 15.1 Å². The minimum absolute atomic E-state index is 0.110. The van der Waals surface area contributed by atoms with E-state index in [-0.39, 0.29) is 12.0 Å². The number of phenolic OH excluding ortho intramolecular Hbond substituents is 1. The van der Waals surface area contributed by atoms with E-state index in [1.54, 1.807) is 39.1 Å². The van der Waals surface area contributed by atoms with Gasteiger partial charge >= 0.3 is 6.09 Å². The van der Waals surface area contributed by atoms with Gasteiger partial charge in [-0.2, -0.15) is 5.10 Å². The van der Waals surface area contributed by atoms with Crippen LogP contribution in [0.3, 0.4) is 0 Å². The van der Waals surface area contributed by atoms with Gasteiger partial charge in [0.2, 0.25) is 0 Å².